The first-order chi connectivity index (χ1) is 8.25. The fraction of sp³-hybridized carbons (Fsp3) is 0.714. The van der Waals surface area contributed by atoms with Crippen LogP contribution in [0.3, 0.4) is 0 Å². The van der Waals surface area contributed by atoms with Crippen LogP contribution in [0.15, 0.2) is 18.7 Å². The summed E-state index contributed by atoms with van der Waals surface area (Å²) in [5.41, 5.74) is -0.0323. The molecule has 4 aliphatic carbocycles. The van der Waals surface area contributed by atoms with Gasteiger partial charge in [-0.25, -0.2) is 4.98 Å². The van der Waals surface area contributed by atoms with Crippen molar-refractivity contribution < 1.29 is 4.79 Å². The van der Waals surface area contributed by atoms with Gasteiger partial charge in [-0.05, 0) is 56.3 Å². The van der Waals surface area contributed by atoms with Crippen LogP contribution in [0.5, 0.6) is 0 Å². The second-order valence-electron chi connectivity index (χ2n) is 6.47. The van der Waals surface area contributed by atoms with Gasteiger partial charge in [-0.3, -0.25) is 9.36 Å². The number of hydrogen-bond acceptors (Lipinski definition) is 2. The van der Waals surface area contributed by atoms with Crippen molar-refractivity contribution in [2.45, 2.75) is 38.5 Å². The van der Waals surface area contributed by atoms with Crippen LogP contribution in [0.1, 0.15) is 43.3 Å². The Morgan fingerprint density at radius 2 is 1.71 bits per heavy atom. The fourth-order valence-electron chi connectivity index (χ4n) is 5.03. The maximum atomic E-state index is 12.7. The highest BCUT2D eigenvalue weighted by Crippen LogP contribution is 2.60. The van der Waals surface area contributed by atoms with Crippen LogP contribution >= 0.6 is 0 Å². The third-order valence-corrected chi connectivity index (χ3v) is 5.23. The Hall–Kier alpha value is -1.12. The summed E-state index contributed by atoms with van der Waals surface area (Å²) in [4.78, 5) is 16.7. The van der Waals surface area contributed by atoms with Gasteiger partial charge in [0.1, 0.15) is 6.33 Å². The molecule has 3 nitrogen and oxygen atoms in total. The van der Waals surface area contributed by atoms with E-state index in [4.69, 9.17) is 0 Å². The van der Waals surface area contributed by atoms with Crippen molar-refractivity contribution >= 4 is 5.91 Å². The standard InChI is InChI=1S/C14H18N2O/c17-13(16-2-1-15-9-16)14-6-10-3-11(7-14)5-12(4-10)8-14/h1-2,9-12H,3-8H2. The molecule has 1 aromatic heterocycles. The summed E-state index contributed by atoms with van der Waals surface area (Å²) in [5, 5.41) is 0. The van der Waals surface area contributed by atoms with Crippen molar-refractivity contribution in [2.24, 2.45) is 23.2 Å². The number of nitrogens with zero attached hydrogens (tertiary/aromatic N) is 2. The van der Waals surface area contributed by atoms with E-state index in [0.29, 0.717) is 5.91 Å². The molecular weight excluding hydrogens is 212 g/mol. The Balaban J connectivity index is 1.71. The molecule has 4 aliphatic rings. The predicted octanol–water partition coefficient (Wildman–Crippen LogP) is 2.74. The van der Waals surface area contributed by atoms with E-state index < -0.39 is 0 Å². The number of rotatable bonds is 1. The Labute approximate surface area is 101 Å². The van der Waals surface area contributed by atoms with Gasteiger partial charge in [0, 0.05) is 12.4 Å². The highest BCUT2D eigenvalue weighted by atomic mass is 16.2. The molecule has 0 atom stereocenters. The summed E-state index contributed by atoms with van der Waals surface area (Å²) in [6.45, 7) is 0. The van der Waals surface area contributed by atoms with Gasteiger partial charge in [0.05, 0.1) is 5.41 Å². The minimum absolute atomic E-state index is 0.0323. The monoisotopic (exact) mass is 230 g/mol. The minimum Gasteiger partial charge on any atom is -0.276 e. The Morgan fingerprint density at radius 3 is 2.18 bits per heavy atom. The van der Waals surface area contributed by atoms with Gasteiger partial charge in [-0.2, -0.15) is 0 Å². The topological polar surface area (TPSA) is 34.9 Å². The van der Waals surface area contributed by atoms with E-state index >= 15 is 0 Å². The molecule has 0 radical (unpaired) electrons. The molecule has 3 heteroatoms. The molecule has 0 amide bonds. The molecule has 0 N–H and O–H groups in total. The van der Waals surface area contributed by atoms with Gasteiger partial charge in [-0.1, -0.05) is 0 Å². The lowest BCUT2D eigenvalue weighted by molar-refractivity contribution is -0.0401. The SMILES string of the molecule is O=C(n1ccnc1)C12CC3CC(CC(C3)C1)C2. The minimum atomic E-state index is -0.0323. The van der Waals surface area contributed by atoms with Crippen LogP contribution in [-0.2, 0) is 0 Å². The second kappa shape index (κ2) is 3.21. The van der Waals surface area contributed by atoms with Crippen LogP contribution in [0, 0.1) is 23.2 Å². The maximum Gasteiger partial charge on any atom is 0.238 e. The van der Waals surface area contributed by atoms with E-state index in [9.17, 15) is 4.79 Å². The number of hydrogen-bond donors (Lipinski definition) is 0. The first-order valence-corrected chi connectivity index (χ1v) is 6.78. The normalized spacial score (nSPS) is 42.9. The molecule has 4 fully saturated rings. The third kappa shape index (κ3) is 1.34. The van der Waals surface area contributed by atoms with Gasteiger partial charge >= 0.3 is 0 Å². The molecule has 0 saturated heterocycles. The molecule has 4 saturated carbocycles. The first kappa shape index (κ1) is 9.86. The van der Waals surface area contributed by atoms with Crippen LogP contribution < -0.4 is 0 Å². The van der Waals surface area contributed by atoms with E-state index in [-0.39, 0.29) is 5.41 Å². The molecule has 0 aromatic carbocycles. The Kier molecular flexibility index (Phi) is 1.86. The fourth-order valence-corrected chi connectivity index (χ4v) is 5.03. The van der Waals surface area contributed by atoms with E-state index in [0.717, 1.165) is 37.0 Å². The molecule has 90 valence electrons. The van der Waals surface area contributed by atoms with E-state index in [1.807, 2.05) is 0 Å². The quantitative estimate of drug-likeness (QED) is 0.743. The third-order valence-electron chi connectivity index (χ3n) is 5.23. The molecule has 5 rings (SSSR count). The highest BCUT2D eigenvalue weighted by Gasteiger charge is 2.54. The number of carbonyl (C=O) groups excluding carboxylic acids is 1. The van der Waals surface area contributed by atoms with Gasteiger partial charge in [0.25, 0.3) is 0 Å². The number of imidazole rings is 1. The van der Waals surface area contributed by atoms with Crippen LogP contribution in [-0.4, -0.2) is 15.5 Å². The van der Waals surface area contributed by atoms with Gasteiger partial charge in [-0.15, -0.1) is 0 Å². The van der Waals surface area contributed by atoms with Crippen LogP contribution in [0.25, 0.3) is 0 Å². The molecule has 1 heterocycles. The molecule has 0 aliphatic heterocycles. The van der Waals surface area contributed by atoms with Crippen molar-refractivity contribution in [2.75, 3.05) is 0 Å². The predicted molar refractivity (Wildman–Crippen MR) is 63.5 cm³/mol. The lowest BCUT2D eigenvalue weighted by Gasteiger charge is -2.55. The number of carbonyl (C=O) groups is 1. The summed E-state index contributed by atoms with van der Waals surface area (Å²) >= 11 is 0. The summed E-state index contributed by atoms with van der Waals surface area (Å²) in [5.74, 6) is 2.80. The van der Waals surface area contributed by atoms with Crippen molar-refractivity contribution in [3.63, 3.8) is 0 Å². The van der Waals surface area contributed by atoms with Crippen LogP contribution in [0.2, 0.25) is 0 Å². The van der Waals surface area contributed by atoms with Crippen molar-refractivity contribution in [1.82, 2.24) is 9.55 Å². The highest BCUT2D eigenvalue weighted by molar-refractivity contribution is 5.85. The molecule has 0 spiro atoms. The zero-order valence-corrected chi connectivity index (χ0v) is 10.0. The van der Waals surface area contributed by atoms with Crippen molar-refractivity contribution in [3.05, 3.63) is 18.7 Å². The Morgan fingerprint density at radius 1 is 1.12 bits per heavy atom. The second-order valence-corrected chi connectivity index (χ2v) is 6.47. The zero-order chi connectivity index (χ0) is 11.5. The van der Waals surface area contributed by atoms with E-state index in [2.05, 4.69) is 4.98 Å². The summed E-state index contributed by atoms with van der Waals surface area (Å²) < 4.78 is 1.72. The van der Waals surface area contributed by atoms with Crippen LogP contribution in [0.4, 0.5) is 0 Å². The molecule has 4 bridgehead atoms. The summed E-state index contributed by atoms with van der Waals surface area (Å²) in [6.07, 6.45) is 12.7. The largest absolute Gasteiger partial charge is 0.276 e. The van der Waals surface area contributed by atoms with E-state index in [1.165, 1.54) is 19.3 Å². The molecule has 1 aromatic rings. The van der Waals surface area contributed by atoms with Crippen molar-refractivity contribution in [1.29, 1.82) is 0 Å². The first-order valence-electron chi connectivity index (χ1n) is 6.78. The molecule has 17 heavy (non-hydrogen) atoms. The summed E-state index contributed by atoms with van der Waals surface area (Å²) in [6, 6.07) is 0. The average Bonchev–Trinajstić information content (AvgIpc) is 2.79. The lowest BCUT2D eigenvalue weighted by Crippen LogP contribution is -2.51. The lowest BCUT2D eigenvalue weighted by atomic mass is 9.49. The smallest absolute Gasteiger partial charge is 0.238 e. The Bertz CT molecular complexity index is 414. The summed E-state index contributed by atoms with van der Waals surface area (Å²) in [7, 11) is 0. The molecule has 0 unspecified atom stereocenters. The average molecular weight is 230 g/mol. The molecular formula is C14H18N2O. The van der Waals surface area contributed by atoms with Gasteiger partial charge in [0.2, 0.25) is 5.91 Å². The number of aromatic nitrogens is 2. The van der Waals surface area contributed by atoms with Gasteiger partial charge in [0.15, 0.2) is 0 Å². The van der Waals surface area contributed by atoms with Crippen molar-refractivity contribution in [3.8, 4) is 0 Å². The van der Waals surface area contributed by atoms with E-state index in [1.54, 1.807) is 23.3 Å². The van der Waals surface area contributed by atoms with Gasteiger partial charge < -0.3 is 0 Å². The zero-order valence-electron chi connectivity index (χ0n) is 10.0. The maximum absolute atomic E-state index is 12.7.